The molecule has 1 aromatic carbocycles. The molecule has 0 bridgehead atoms. The van der Waals surface area contributed by atoms with E-state index in [2.05, 4.69) is 15.9 Å². The Hall–Kier alpha value is -0.460. The van der Waals surface area contributed by atoms with E-state index < -0.39 is 12.6 Å². The SMILES string of the molecule is COC(OC)c1ccc(Br)cc1C(OC)OC. The molecule has 0 N–H and O–H groups in total. The normalized spacial score (nSPS) is 11.5. The fourth-order valence-electron chi connectivity index (χ4n) is 1.66. The second-order valence-corrected chi connectivity index (χ2v) is 4.30. The van der Waals surface area contributed by atoms with E-state index in [4.69, 9.17) is 18.9 Å². The third-order valence-corrected chi connectivity index (χ3v) is 2.91. The Morgan fingerprint density at radius 1 is 0.824 bits per heavy atom. The molecule has 96 valence electrons. The first-order valence-corrected chi connectivity index (χ1v) is 5.87. The average Bonchev–Trinajstić information content (AvgIpc) is 2.34. The molecule has 0 atom stereocenters. The lowest BCUT2D eigenvalue weighted by Crippen LogP contribution is -2.12. The third kappa shape index (κ3) is 3.50. The van der Waals surface area contributed by atoms with Gasteiger partial charge in [-0.2, -0.15) is 0 Å². The van der Waals surface area contributed by atoms with Gasteiger partial charge >= 0.3 is 0 Å². The molecule has 0 unspecified atom stereocenters. The lowest BCUT2D eigenvalue weighted by molar-refractivity contribution is -0.123. The van der Waals surface area contributed by atoms with E-state index in [0.717, 1.165) is 15.6 Å². The monoisotopic (exact) mass is 304 g/mol. The van der Waals surface area contributed by atoms with Gasteiger partial charge in [-0.15, -0.1) is 0 Å². The van der Waals surface area contributed by atoms with Crippen LogP contribution in [0.2, 0.25) is 0 Å². The number of halogens is 1. The van der Waals surface area contributed by atoms with Crippen LogP contribution >= 0.6 is 15.9 Å². The first-order chi connectivity index (χ1) is 8.17. The van der Waals surface area contributed by atoms with Crippen molar-refractivity contribution >= 4 is 15.9 Å². The summed E-state index contributed by atoms with van der Waals surface area (Å²) in [5.41, 5.74) is 1.75. The summed E-state index contributed by atoms with van der Waals surface area (Å²) < 4.78 is 22.0. The van der Waals surface area contributed by atoms with Gasteiger partial charge in [-0.1, -0.05) is 22.0 Å². The van der Waals surface area contributed by atoms with E-state index >= 15 is 0 Å². The zero-order chi connectivity index (χ0) is 12.8. The van der Waals surface area contributed by atoms with Crippen molar-refractivity contribution in [3.8, 4) is 0 Å². The van der Waals surface area contributed by atoms with Crippen molar-refractivity contribution in [3.63, 3.8) is 0 Å². The highest BCUT2D eigenvalue weighted by Crippen LogP contribution is 2.31. The van der Waals surface area contributed by atoms with Gasteiger partial charge in [0.05, 0.1) is 0 Å². The Balaban J connectivity index is 3.19. The zero-order valence-electron chi connectivity index (χ0n) is 10.4. The molecular weight excluding hydrogens is 288 g/mol. The smallest absolute Gasteiger partial charge is 0.183 e. The van der Waals surface area contributed by atoms with Crippen LogP contribution in [-0.4, -0.2) is 28.4 Å². The van der Waals surface area contributed by atoms with Gasteiger partial charge in [-0.05, 0) is 12.1 Å². The fourth-order valence-corrected chi connectivity index (χ4v) is 2.04. The van der Waals surface area contributed by atoms with Gasteiger partial charge in [0.2, 0.25) is 0 Å². The summed E-state index contributed by atoms with van der Waals surface area (Å²) in [6.45, 7) is 0. The minimum Gasteiger partial charge on any atom is -0.352 e. The average molecular weight is 305 g/mol. The molecule has 0 aliphatic heterocycles. The van der Waals surface area contributed by atoms with Crippen LogP contribution in [0.3, 0.4) is 0 Å². The van der Waals surface area contributed by atoms with Crippen molar-refractivity contribution in [2.45, 2.75) is 12.6 Å². The van der Waals surface area contributed by atoms with Gasteiger partial charge in [-0.25, -0.2) is 0 Å². The summed E-state index contributed by atoms with van der Waals surface area (Å²) in [4.78, 5) is 0. The molecule has 0 aliphatic rings. The van der Waals surface area contributed by atoms with Gasteiger partial charge in [0, 0.05) is 44.0 Å². The number of rotatable bonds is 6. The molecule has 17 heavy (non-hydrogen) atoms. The van der Waals surface area contributed by atoms with E-state index in [1.807, 2.05) is 18.2 Å². The molecule has 1 rings (SSSR count). The van der Waals surface area contributed by atoms with Gasteiger partial charge in [0.15, 0.2) is 12.6 Å². The topological polar surface area (TPSA) is 36.9 Å². The summed E-state index contributed by atoms with van der Waals surface area (Å²) in [6, 6.07) is 5.77. The van der Waals surface area contributed by atoms with Gasteiger partial charge in [0.1, 0.15) is 0 Å². The van der Waals surface area contributed by atoms with Crippen LogP contribution < -0.4 is 0 Å². The molecule has 0 radical (unpaired) electrons. The highest BCUT2D eigenvalue weighted by atomic mass is 79.9. The Kier molecular flexibility index (Phi) is 6.08. The molecule has 0 aromatic heterocycles. The van der Waals surface area contributed by atoms with Crippen LogP contribution in [0.4, 0.5) is 0 Å². The van der Waals surface area contributed by atoms with E-state index in [1.54, 1.807) is 28.4 Å². The fraction of sp³-hybridized carbons (Fsp3) is 0.500. The first kappa shape index (κ1) is 14.6. The summed E-state index contributed by atoms with van der Waals surface area (Å²) in [7, 11) is 6.37. The highest BCUT2D eigenvalue weighted by Gasteiger charge is 2.20. The van der Waals surface area contributed by atoms with Crippen molar-refractivity contribution in [2.75, 3.05) is 28.4 Å². The van der Waals surface area contributed by atoms with Crippen LogP contribution in [0.1, 0.15) is 23.7 Å². The summed E-state index contributed by atoms with van der Waals surface area (Å²) in [5, 5.41) is 0. The molecule has 0 spiro atoms. The maximum atomic E-state index is 5.27. The second kappa shape index (κ2) is 7.08. The number of ether oxygens (including phenoxy) is 4. The number of benzene rings is 1. The molecule has 0 heterocycles. The van der Waals surface area contributed by atoms with Crippen LogP contribution in [0.15, 0.2) is 22.7 Å². The quantitative estimate of drug-likeness (QED) is 0.757. The summed E-state index contributed by atoms with van der Waals surface area (Å²) in [6.07, 6.45) is -0.888. The molecule has 0 saturated carbocycles. The summed E-state index contributed by atoms with van der Waals surface area (Å²) >= 11 is 3.42. The van der Waals surface area contributed by atoms with Crippen molar-refractivity contribution < 1.29 is 18.9 Å². The number of hydrogen-bond donors (Lipinski definition) is 0. The van der Waals surface area contributed by atoms with E-state index in [1.165, 1.54) is 0 Å². The molecule has 0 aliphatic carbocycles. The highest BCUT2D eigenvalue weighted by molar-refractivity contribution is 9.10. The van der Waals surface area contributed by atoms with Crippen LogP contribution in [0.5, 0.6) is 0 Å². The maximum Gasteiger partial charge on any atom is 0.183 e. The standard InChI is InChI=1S/C12H17BrO4/c1-14-11(15-2)9-6-5-8(13)7-10(9)12(16-3)17-4/h5-7,11-12H,1-4H3. The molecule has 0 amide bonds. The van der Waals surface area contributed by atoms with Gasteiger partial charge in [-0.3, -0.25) is 0 Å². The minimum absolute atomic E-state index is 0.439. The predicted molar refractivity (Wildman–Crippen MR) is 67.7 cm³/mol. The van der Waals surface area contributed by atoms with Gasteiger partial charge in [0.25, 0.3) is 0 Å². The largest absolute Gasteiger partial charge is 0.352 e. The lowest BCUT2D eigenvalue weighted by atomic mass is 10.1. The molecular formula is C12H17BrO4. The maximum absolute atomic E-state index is 5.27. The van der Waals surface area contributed by atoms with E-state index in [-0.39, 0.29) is 0 Å². The van der Waals surface area contributed by atoms with Crippen molar-refractivity contribution in [1.82, 2.24) is 0 Å². The molecule has 0 fully saturated rings. The predicted octanol–water partition coefficient (Wildman–Crippen LogP) is 3.03. The lowest BCUT2D eigenvalue weighted by Gasteiger charge is -2.22. The zero-order valence-corrected chi connectivity index (χ0v) is 12.0. The molecule has 0 saturated heterocycles. The second-order valence-electron chi connectivity index (χ2n) is 3.38. The Morgan fingerprint density at radius 3 is 1.76 bits per heavy atom. The molecule has 4 nitrogen and oxygen atoms in total. The summed E-state index contributed by atoms with van der Waals surface area (Å²) in [5.74, 6) is 0. The Labute approximate surface area is 110 Å². The number of methoxy groups -OCH3 is 4. The van der Waals surface area contributed by atoms with Crippen LogP contribution in [-0.2, 0) is 18.9 Å². The van der Waals surface area contributed by atoms with Crippen molar-refractivity contribution in [2.24, 2.45) is 0 Å². The number of hydrogen-bond acceptors (Lipinski definition) is 4. The van der Waals surface area contributed by atoms with Crippen molar-refractivity contribution in [1.29, 1.82) is 0 Å². The minimum atomic E-state index is -0.449. The van der Waals surface area contributed by atoms with E-state index in [0.29, 0.717) is 0 Å². The van der Waals surface area contributed by atoms with Gasteiger partial charge < -0.3 is 18.9 Å². The Bertz CT molecular complexity index is 348. The third-order valence-electron chi connectivity index (χ3n) is 2.41. The van der Waals surface area contributed by atoms with Crippen molar-refractivity contribution in [3.05, 3.63) is 33.8 Å². The Morgan fingerprint density at radius 2 is 1.29 bits per heavy atom. The molecule has 5 heteroatoms. The van der Waals surface area contributed by atoms with E-state index in [9.17, 15) is 0 Å². The van der Waals surface area contributed by atoms with Crippen LogP contribution in [0.25, 0.3) is 0 Å². The first-order valence-electron chi connectivity index (χ1n) is 5.08. The molecule has 1 aromatic rings. The van der Waals surface area contributed by atoms with Crippen LogP contribution in [0, 0.1) is 0 Å².